The van der Waals surface area contributed by atoms with Crippen LogP contribution in [0.2, 0.25) is 0 Å². The summed E-state index contributed by atoms with van der Waals surface area (Å²) in [6.45, 7) is 2.06. The highest BCUT2D eigenvalue weighted by Crippen LogP contribution is 2.28. The van der Waals surface area contributed by atoms with E-state index in [0.717, 1.165) is 5.56 Å². The number of aliphatic carboxylic acids is 1. The van der Waals surface area contributed by atoms with Crippen molar-refractivity contribution in [2.45, 2.75) is 43.8 Å². The number of hydrogen-bond donors (Lipinski definition) is 3. The fraction of sp³-hybridized carbons (Fsp3) is 0.526. The Morgan fingerprint density at radius 2 is 2.00 bits per heavy atom. The molecule has 28 heavy (non-hydrogen) atoms. The van der Waals surface area contributed by atoms with Crippen LogP contribution >= 0.6 is 11.8 Å². The van der Waals surface area contributed by atoms with Gasteiger partial charge in [-0.15, -0.1) is 11.8 Å². The monoisotopic (exact) mass is 410 g/mol. The number of carbonyl (C=O) groups excluding carboxylic acids is 2. The van der Waals surface area contributed by atoms with Crippen molar-refractivity contribution in [1.82, 2.24) is 10.6 Å². The number of rotatable bonds is 9. The zero-order valence-corrected chi connectivity index (χ0v) is 16.7. The molecule has 0 spiro atoms. The number of carboxylic acid groups (broad SMARTS) is 1. The van der Waals surface area contributed by atoms with Gasteiger partial charge in [0.2, 0.25) is 0 Å². The normalized spacial score (nSPS) is 20.8. The first-order valence-electron chi connectivity index (χ1n) is 9.06. The van der Waals surface area contributed by atoms with E-state index in [1.54, 1.807) is 11.8 Å². The predicted molar refractivity (Wildman–Crippen MR) is 105 cm³/mol. The van der Waals surface area contributed by atoms with Gasteiger partial charge in [0.05, 0.1) is 12.5 Å². The fourth-order valence-corrected chi connectivity index (χ4v) is 4.20. The quantitative estimate of drug-likeness (QED) is 0.530. The van der Waals surface area contributed by atoms with Crippen LogP contribution in [0.1, 0.15) is 25.3 Å². The van der Waals surface area contributed by atoms with Gasteiger partial charge in [-0.3, -0.25) is 10.1 Å². The minimum absolute atomic E-state index is 0.0311. The van der Waals surface area contributed by atoms with Crippen LogP contribution in [-0.2, 0) is 25.7 Å². The third-order valence-electron chi connectivity index (χ3n) is 4.52. The van der Waals surface area contributed by atoms with Crippen LogP contribution in [0.25, 0.3) is 0 Å². The van der Waals surface area contributed by atoms with Crippen molar-refractivity contribution < 1.29 is 29.0 Å². The van der Waals surface area contributed by atoms with Gasteiger partial charge in [0.25, 0.3) is 0 Å². The van der Waals surface area contributed by atoms with Crippen LogP contribution in [0.15, 0.2) is 30.3 Å². The van der Waals surface area contributed by atoms with Crippen molar-refractivity contribution in [3.05, 3.63) is 35.9 Å². The molecule has 2 rings (SSSR count). The van der Waals surface area contributed by atoms with E-state index in [1.165, 1.54) is 7.11 Å². The highest BCUT2D eigenvalue weighted by atomic mass is 32.2. The fourth-order valence-electron chi connectivity index (χ4n) is 2.85. The van der Waals surface area contributed by atoms with Gasteiger partial charge in [-0.1, -0.05) is 37.3 Å². The predicted octanol–water partition coefficient (Wildman–Crippen LogP) is 1.99. The van der Waals surface area contributed by atoms with Gasteiger partial charge >= 0.3 is 18.0 Å². The number of hydrogen-bond acceptors (Lipinski definition) is 7. The second-order valence-electron chi connectivity index (χ2n) is 6.65. The molecule has 0 bridgehead atoms. The summed E-state index contributed by atoms with van der Waals surface area (Å²) in [5.74, 6) is -0.672. The van der Waals surface area contributed by atoms with Crippen LogP contribution in [0.3, 0.4) is 0 Å². The van der Waals surface area contributed by atoms with Gasteiger partial charge in [-0.2, -0.15) is 0 Å². The summed E-state index contributed by atoms with van der Waals surface area (Å²) in [7, 11) is 1.35. The maximum atomic E-state index is 11.9. The molecule has 1 aromatic rings. The summed E-state index contributed by atoms with van der Waals surface area (Å²) < 4.78 is 9.82. The number of carboxylic acids is 1. The third-order valence-corrected chi connectivity index (χ3v) is 6.01. The average molecular weight is 410 g/mol. The maximum absolute atomic E-state index is 11.9. The van der Waals surface area contributed by atoms with Crippen molar-refractivity contribution in [2.24, 2.45) is 5.92 Å². The number of carbonyl (C=O) groups is 3. The van der Waals surface area contributed by atoms with Gasteiger partial charge in [-0.05, 0) is 24.3 Å². The Bertz CT molecular complexity index is 672. The molecule has 0 aromatic heterocycles. The molecule has 1 aliphatic rings. The van der Waals surface area contributed by atoms with E-state index in [4.69, 9.17) is 9.47 Å². The molecule has 1 aliphatic heterocycles. The summed E-state index contributed by atoms with van der Waals surface area (Å²) in [5, 5.41) is 15.0. The van der Waals surface area contributed by atoms with Crippen LogP contribution in [0, 0.1) is 5.92 Å². The molecular weight excluding hydrogens is 384 g/mol. The molecule has 1 heterocycles. The summed E-state index contributed by atoms with van der Waals surface area (Å²) in [6.07, 6.45) is 0.0654. The zero-order chi connectivity index (χ0) is 20.5. The van der Waals surface area contributed by atoms with E-state index >= 15 is 0 Å². The van der Waals surface area contributed by atoms with Gasteiger partial charge < -0.3 is 19.9 Å². The number of methoxy groups -OCH3 is 1. The first kappa shape index (κ1) is 22.0. The van der Waals surface area contributed by atoms with E-state index in [-0.39, 0.29) is 36.3 Å². The Morgan fingerprint density at radius 1 is 1.29 bits per heavy atom. The molecule has 0 unspecified atom stereocenters. The summed E-state index contributed by atoms with van der Waals surface area (Å²) in [6, 6.07) is 7.78. The summed E-state index contributed by atoms with van der Waals surface area (Å²) in [4.78, 5) is 35.0. The van der Waals surface area contributed by atoms with Gasteiger partial charge in [-0.25, -0.2) is 9.59 Å². The minimum Gasteiger partial charge on any atom is -0.480 e. The lowest BCUT2D eigenvalue weighted by Crippen LogP contribution is -2.42. The molecule has 3 N–H and O–H groups in total. The van der Waals surface area contributed by atoms with Crippen molar-refractivity contribution in [1.29, 1.82) is 0 Å². The largest absolute Gasteiger partial charge is 0.480 e. The standard InChI is InChI=1S/C19H26N2O6S/c1-12(16-20-15(11-28-16)18(24)26-2)8-9-14(17(22)23)21-19(25)27-10-13-6-4-3-5-7-13/h3-7,12,14-16,20H,8-11H2,1-2H3,(H,21,25)(H,22,23)/t12-,14+,15+,16+/m1/s1. The van der Waals surface area contributed by atoms with Gasteiger partial charge in [0, 0.05) is 5.75 Å². The van der Waals surface area contributed by atoms with Crippen LogP contribution in [0.4, 0.5) is 4.79 Å². The summed E-state index contributed by atoms with van der Waals surface area (Å²) in [5.41, 5.74) is 0.822. The van der Waals surface area contributed by atoms with E-state index in [1.807, 2.05) is 37.3 Å². The molecule has 1 amide bonds. The zero-order valence-electron chi connectivity index (χ0n) is 15.9. The topological polar surface area (TPSA) is 114 Å². The number of benzene rings is 1. The van der Waals surface area contributed by atoms with E-state index in [2.05, 4.69) is 10.6 Å². The molecule has 154 valence electrons. The van der Waals surface area contributed by atoms with Crippen molar-refractivity contribution in [2.75, 3.05) is 12.9 Å². The smallest absolute Gasteiger partial charge is 0.408 e. The molecule has 1 aromatic carbocycles. The lowest BCUT2D eigenvalue weighted by Gasteiger charge is -2.21. The number of alkyl carbamates (subject to hydrolysis) is 1. The van der Waals surface area contributed by atoms with Crippen LogP contribution in [-0.4, -0.2) is 53.5 Å². The molecule has 0 radical (unpaired) electrons. The van der Waals surface area contributed by atoms with E-state index < -0.39 is 18.1 Å². The Labute approximate surface area is 168 Å². The summed E-state index contributed by atoms with van der Waals surface area (Å²) >= 11 is 1.61. The second-order valence-corrected chi connectivity index (χ2v) is 7.82. The highest BCUT2D eigenvalue weighted by Gasteiger charge is 2.33. The van der Waals surface area contributed by atoms with Crippen molar-refractivity contribution >= 4 is 29.8 Å². The Kier molecular flexibility index (Phi) is 8.59. The van der Waals surface area contributed by atoms with E-state index in [0.29, 0.717) is 12.2 Å². The van der Waals surface area contributed by atoms with Crippen molar-refractivity contribution in [3.8, 4) is 0 Å². The number of ether oxygens (including phenoxy) is 2. The molecule has 0 saturated carbocycles. The highest BCUT2D eigenvalue weighted by molar-refractivity contribution is 8.00. The second kappa shape index (κ2) is 10.9. The first-order valence-corrected chi connectivity index (χ1v) is 10.1. The van der Waals surface area contributed by atoms with Gasteiger partial charge in [0.15, 0.2) is 0 Å². The number of thioether (sulfide) groups is 1. The molecule has 1 saturated heterocycles. The molecule has 0 aliphatic carbocycles. The van der Waals surface area contributed by atoms with Crippen LogP contribution < -0.4 is 10.6 Å². The number of esters is 1. The molecular formula is C19H26N2O6S. The lowest BCUT2D eigenvalue weighted by atomic mass is 10.0. The SMILES string of the molecule is COC(=O)[C@@H]1CS[C@@H]([C@H](C)CC[C@H](NC(=O)OCc2ccccc2)C(=O)O)N1. The number of nitrogens with one attached hydrogen (secondary N) is 2. The first-order chi connectivity index (χ1) is 13.4. The van der Waals surface area contributed by atoms with Crippen LogP contribution in [0.5, 0.6) is 0 Å². The Balaban J connectivity index is 1.76. The molecule has 4 atom stereocenters. The average Bonchev–Trinajstić information content (AvgIpc) is 3.19. The van der Waals surface area contributed by atoms with Gasteiger partial charge in [0.1, 0.15) is 18.7 Å². The Morgan fingerprint density at radius 3 is 2.64 bits per heavy atom. The molecule has 8 nitrogen and oxygen atoms in total. The lowest BCUT2D eigenvalue weighted by molar-refractivity contribution is -0.142. The van der Waals surface area contributed by atoms with Crippen molar-refractivity contribution in [3.63, 3.8) is 0 Å². The third kappa shape index (κ3) is 6.72. The van der Waals surface area contributed by atoms with E-state index in [9.17, 15) is 19.5 Å². The molecule has 9 heteroatoms. The number of amides is 1. The minimum atomic E-state index is -1.11. The maximum Gasteiger partial charge on any atom is 0.408 e. The Hall–Kier alpha value is -2.26. The molecule has 1 fully saturated rings.